The first-order valence-electron chi connectivity index (χ1n) is 12.4. The number of rotatable bonds is 19. The van der Waals surface area contributed by atoms with Crippen molar-refractivity contribution in [2.24, 2.45) is 0 Å². The second kappa shape index (κ2) is 20.4. The van der Waals surface area contributed by atoms with Crippen LogP contribution < -0.4 is 0 Å². The molecule has 0 bridgehead atoms. The number of carbonyl (C=O) groups excluding carboxylic acids is 1. The summed E-state index contributed by atoms with van der Waals surface area (Å²) in [6, 6.07) is 10.1. The monoisotopic (exact) mass is 412 g/mol. The lowest BCUT2D eigenvalue weighted by atomic mass is 10.0. The standard InChI is InChI=1S/C28H44O2/c1-2-3-4-5-6-7-8-9-10-11-12-13-14-15-19-25-28(29)30-26-21-20-24-27-22-17-16-18-23-27/h16-18,20-24,26H,2-15,19,25H2,1H3. The molecule has 1 aromatic carbocycles. The predicted octanol–water partition coefficient (Wildman–Crippen LogP) is 9.02. The van der Waals surface area contributed by atoms with E-state index in [2.05, 4.69) is 6.92 Å². The summed E-state index contributed by atoms with van der Waals surface area (Å²) < 4.78 is 5.13. The van der Waals surface area contributed by atoms with Crippen molar-refractivity contribution in [3.8, 4) is 0 Å². The van der Waals surface area contributed by atoms with Gasteiger partial charge in [0.05, 0.1) is 6.26 Å². The molecule has 0 saturated carbocycles. The van der Waals surface area contributed by atoms with Gasteiger partial charge in [-0.05, 0) is 18.1 Å². The molecule has 30 heavy (non-hydrogen) atoms. The van der Waals surface area contributed by atoms with Crippen LogP contribution in [0.2, 0.25) is 0 Å². The van der Waals surface area contributed by atoms with Crippen LogP contribution in [0, 0.1) is 0 Å². The van der Waals surface area contributed by atoms with Crippen LogP contribution >= 0.6 is 0 Å². The van der Waals surface area contributed by atoms with Gasteiger partial charge in [0.15, 0.2) is 0 Å². The number of hydrogen-bond donors (Lipinski definition) is 0. The number of unbranched alkanes of at least 4 members (excludes halogenated alkanes) is 14. The van der Waals surface area contributed by atoms with Crippen molar-refractivity contribution in [3.63, 3.8) is 0 Å². The van der Waals surface area contributed by atoms with E-state index in [1.807, 2.05) is 42.5 Å². The van der Waals surface area contributed by atoms with Gasteiger partial charge < -0.3 is 4.74 Å². The van der Waals surface area contributed by atoms with Gasteiger partial charge in [-0.2, -0.15) is 0 Å². The van der Waals surface area contributed by atoms with Gasteiger partial charge in [-0.15, -0.1) is 0 Å². The molecule has 168 valence electrons. The van der Waals surface area contributed by atoms with Gasteiger partial charge in [-0.25, -0.2) is 0 Å². The molecule has 1 rings (SSSR count). The number of hydrogen-bond acceptors (Lipinski definition) is 2. The second-order valence-electron chi connectivity index (χ2n) is 8.29. The van der Waals surface area contributed by atoms with Gasteiger partial charge >= 0.3 is 5.97 Å². The van der Waals surface area contributed by atoms with E-state index in [0.717, 1.165) is 18.4 Å². The van der Waals surface area contributed by atoms with E-state index < -0.39 is 0 Å². The molecule has 2 nitrogen and oxygen atoms in total. The summed E-state index contributed by atoms with van der Waals surface area (Å²) in [5, 5.41) is 0. The van der Waals surface area contributed by atoms with Crippen molar-refractivity contribution >= 4 is 12.0 Å². The molecule has 0 aliphatic rings. The summed E-state index contributed by atoms with van der Waals surface area (Å²) in [5.74, 6) is -0.131. The van der Waals surface area contributed by atoms with Gasteiger partial charge in [-0.1, -0.05) is 139 Å². The highest BCUT2D eigenvalue weighted by molar-refractivity contribution is 5.70. The van der Waals surface area contributed by atoms with Crippen LogP contribution in [0.3, 0.4) is 0 Å². The van der Waals surface area contributed by atoms with Crippen LogP contribution in [-0.2, 0) is 9.53 Å². The topological polar surface area (TPSA) is 26.3 Å². The summed E-state index contributed by atoms with van der Waals surface area (Å²) in [6.45, 7) is 2.28. The third-order valence-corrected chi connectivity index (χ3v) is 5.46. The fraction of sp³-hybridized carbons (Fsp3) is 0.607. The zero-order valence-electron chi connectivity index (χ0n) is 19.3. The van der Waals surface area contributed by atoms with E-state index in [1.165, 1.54) is 89.7 Å². The van der Waals surface area contributed by atoms with Crippen molar-refractivity contribution in [2.75, 3.05) is 0 Å². The van der Waals surface area contributed by atoms with Gasteiger partial charge in [0.25, 0.3) is 0 Å². The molecule has 0 spiro atoms. The minimum absolute atomic E-state index is 0.131. The Kier molecular flexibility index (Phi) is 17.9. The van der Waals surface area contributed by atoms with E-state index in [0.29, 0.717) is 6.42 Å². The van der Waals surface area contributed by atoms with E-state index in [1.54, 1.807) is 6.08 Å². The molecule has 0 unspecified atom stereocenters. The van der Waals surface area contributed by atoms with Crippen LogP contribution in [0.15, 0.2) is 48.7 Å². The first-order chi connectivity index (χ1) is 14.8. The van der Waals surface area contributed by atoms with Crippen molar-refractivity contribution < 1.29 is 9.53 Å². The summed E-state index contributed by atoms with van der Waals surface area (Å²) >= 11 is 0. The SMILES string of the molecule is CCCCCCCCCCCCCCCCCC(=O)OC=CC=Cc1ccccc1. The van der Waals surface area contributed by atoms with E-state index in [-0.39, 0.29) is 5.97 Å². The first-order valence-corrected chi connectivity index (χ1v) is 12.4. The number of benzene rings is 1. The molecule has 0 saturated heterocycles. The zero-order valence-corrected chi connectivity index (χ0v) is 19.3. The maximum Gasteiger partial charge on any atom is 0.310 e. The van der Waals surface area contributed by atoms with Crippen molar-refractivity contribution in [1.29, 1.82) is 0 Å². The Morgan fingerprint density at radius 3 is 1.73 bits per heavy atom. The molecule has 2 heteroatoms. The molecule has 0 atom stereocenters. The van der Waals surface area contributed by atoms with Crippen LogP contribution in [0.4, 0.5) is 0 Å². The minimum atomic E-state index is -0.131. The summed E-state index contributed by atoms with van der Waals surface area (Å²) in [7, 11) is 0. The molecule has 0 amide bonds. The molecule has 0 aliphatic carbocycles. The molecule has 0 N–H and O–H groups in total. The highest BCUT2D eigenvalue weighted by Gasteiger charge is 2.00. The molecule has 0 radical (unpaired) electrons. The normalized spacial score (nSPS) is 11.5. The molecule has 0 fully saturated rings. The second-order valence-corrected chi connectivity index (χ2v) is 8.29. The van der Waals surface area contributed by atoms with Gasteiger partial charge in [0, 0.05) is 6.42 Å². The third kappa shape index (κ3) is 17.1. The lowest BCUT2D eigenvalue weighted by molar-refractivity contribution is -0.138. The molecule has 0 heterocycles. The Bertz CT molecular complexity index is 559. The van der Waals surface area contributed by atoms with E-state index in [9.17, 15) is 4.79 Å². The smallest absolute Gasteiger partial charge is 0.310 e. The van der Waals surface area contributed by atoms with Crippen molar-refractivity contribution in [1.82, 2.24) is 0 Å². The van der Waals surface area contributed by atoms with Crippen molar-refractivity contribution in [2.45, 2.75) is 110 Å². The number of carbonyl (C=O) groups is 1. The Morgan fingerprint density at radius 2 is 1.20 bits per heavy atom. The highest BCUT2D eigenvalue weighted by atomic mass is 16.5. The van der Waals surface area contributed by atoms with Crippen LogP contribution in [0.25, 0.3) is 6.08 Å². The maximum absolute atomic E-state index is 11.7. The van der Waals surface area contributed by atoms with Crippen LogP contribution in [0.5, 0.6) is 0 Å². The number of allylic oxidation sites excluding steroid dienone is 2. The largest absolute Gasteiger partial charge is 0.434 e. The summed E-state index contributed by atoms with van der Waals surface area (Å²) in [5.41, 5.74) is 1.13. The fourth-order valence-electron chi connectivity index (χ4n) is 3.59. The minimum Gasteiger partial charge on any atom is -0.434 e. The van der Waals surface area contributed by atoms with Crippen molar-refractivity contribution in [3.05, 3.63) is 54.3 Å². The molecule has 0 aliphatic heterocycles. The maximum atomic E-state index is 11.7. The van der Waals surface area contributed by atoms with Crippen LogP contribution in [0.1, 0.15) is 115 Å². The predicted molar refractivity (Wildman–Crippen MR) is 130 cm³/mol. The zero-order chi connectivity index (χ0) is 21.5. The van der Waals surface area contributed by atoms with Gasteiger partial charge in [0.2, 0.25) is 0 Å². The van der Waals surface area contributed by atoms with Gasteiger partial charge in [-0.3, -0.25) is 4.79 Å². The fourth-order valence-corrected chi connectivity index (χ4v) is 3.59. The third-order valence-electron chi connectivity index (χ3n) is 5.46. The summed E-state index contributed by atoms with van der Waals surface area (Å²) in [6.07, 6.45) is 27.7. The number of esters is 1. The highest BCUT2D eigenvalue weighted by Crippen LogP contribution is 2.13. The average molecular weight is 413 g/mol. The van der Waals surface area contributed by atoms with Crippen LogP contribution in [-0.4, -0.2) is 5.97 Å². The Balaban J connectivity index is 1.82. The Hall–Kier alpha value is -1.83. The Labute approximate surface area is 185 Å². The first kappa shape index (κ1) is 26.2. The quantitative estimate of drug-likeness (QED) is 0.0980. The molecule has 0 aromatic heterocycles. The summed E-state index contributed by atoms with van der Waals surface area (Å²) in [4.78, 5) is 11.7. The lowest BCUT2D eigenvalue weighted by Gasteiger charge is -2.03. The Morgan fingerprint density at radius 1 is 0.700 bits per heavy atom. The van der Waals surface area contributed by atoms with Gasteiger partial charge in [0.1, 0.15) is 0 Å². The number of ether oxygens (including phenoxy) is 1. The van der Waals surface area contributed by atoms with E-state index >= 15 is 0 Å². The molecule has 1 aromatic rings. The lowest BCUT2D eigenvalue weighted by Crippen LogP contribution is -1.98. The molecular formula is C28H44O2. The van der Waals surface area contributed by atoms with E-state index in [4.69, 9.17) is 4.74 Å². The average Bonchev–Trinajstić information content (AvgIpc) is 2.77. The molecular weight excluding hydrogens is 368 g/mol.